The lowest BCUT2D eigenvalue weighted by atomic mass is 10.3. The molecule has 0 saturated carbocycles. The van der Waals surface area contributed by atoms with Crippen LogP contribution in [0.15, 0.2) is 24.8 Å². The van der Waals surface area contributed by atoms with Crippen LogP contribution in [0, 0.1) is 10.2 Å². The van der Waals surface area contributed by atoms with Crippen molar-refractivity contribution in [2.45, 2.75) is 39.5 Å². The van der Waals surface area contributed by atoms with Gasteiger partial charge < -0.3 is 19.6 Å². The lowest BCUT2D eigenvalue weighted by Gasteiger charge is -2.17. The Morgan fingerprint density at radius 2 is 1.12 bits per heavy atom. The highest BCUT2D eigenvalue weighted by atomic mass is 35.7. The molecule has 0 aliphatic carbocycles. The maximum atomic E-state index is 8.60. The van der Waals surface area contributed by atoms with Crippen molar-refractivity contribution in [2.75, 3.05) is 40.5 Å². The molecule has 0 aromatic carbocycles. The maximum absolute atomic E-state index is 8.60. The zero-order valence-corrected chi connectivity index (χ0v) is 16.6. The fourth-order valence-electron chi connectivity index (χ4n) is 2.19. The summed E-state index contributed by atoms with van der Waals surface area (Å²) in [6.45, 7) is 9.00. The Kier molecular flexibility index (Phi) is 12.5. The van der Waals surface area contributed by atoms with Crippen molar-refractivity contribution >= 4 is 0 Å². The lowest BCUT2D eigenvalue weighted by Crippen LogP contribution is -2.58. The van der Waals surface area contributed by atoms with E-state index in [1.165, 1.54) is 38.8 Å². The van der Waals surface area contributed by atoms with Gasteiger partial charge in [0, 0.05) is 52.0 Å². The minimum absolute atomic E-state index is 1.07. The first-order chi connectivity index (χ1) is 11.7. The molecule has 2 aliphatic heterocycles. The van der Waals surface area contributed by atoms with Crippen LogP contribution in [0.4, 0.5) is 0 Å². The molecular formula is C16H33ClN4O4. The standard InChI is InChI=1S/2C8H16N2.ClHO4/c2*1-3-4-5-10-7-6-9(2)8-10;2-1(3,4)5/h2*6-7H,3-5,8H2,1-2H3;(H,2,3,4,5). The van der Waals surface area contributed by atoms with E-state index >= 15 is 0 Å². The topological polar surface area (TPSA) is 102 Å². The molecule has 0 amide bonds. The van der Waals surface area contributed by atoms with Gasteiger partial charge in [-0.3, -0.25) is 0 Å². The van der Waals surface area contributed by atoms with Crippen molar-refractivity contribution in [1.82, 2.24) is 19.6 Å². The first-order valence-electron chi connectivity index (χ1n) is 8.54. The third-order valence-corrected chi connectivity index (χ3v) is 3.47. The monoisotopic (exact) mass is 380 g/mol. The van der Waals surface area contributed by atoms with E-state index in [2.05, 4.69) is 72.3 Å². The van der Waals surface area contributed by atoms with E-state index in [9.17, 15) is 0 Å². The molecule has 0 spiro atoms. The van der Waals surface area contributed by atoms with Crippen LogP contribution in [0.2, 0.25) is 0 Å². The maximum Gasteiger partial charge on any atom is 0.0890 e. The van der Waals surface area contributed by atoms with Gasteiger partial charge in [-0.1, -0.05) is 26.7 Å². The number of rotatable bonds is 6. The van der Waals surface area contributed by atoms with E-state index in [4.69, 9.17) is 18.6 Å². The van der Waals surface area contributed by atoms with E-state index in [1.807, 2.05) is 0 Å². The Balaban J connectivity index is 0.000000368. The van der Waals surface area contributed by atoms with Gasteiger partial charge >= 0.3 is 0 Å². The summed E-state index contributed by atoms with van der Waals surface area (Å²) in [5, 5.41) is 0. The second kappa shape index (κ2) is 13.1. The van der Waals surface area contributed by atoms with E-state index in [0.29, 0.717) is 0 Å². The number of hydrogen-bond donors (Lipinski definition) is 1. The summed E-state index contributed by atoms with van der Waals surface area (Å²) in [4.78, 5) is 9.05. The number of hydrogen-bond acceptors (Lipinski definition) is 8. The van der Waals surface area contributed by atoms with Crippen LogP contribution < -0.4 is 14.0 Å². The molecule has 0 unspecified atom stereocenters. The average Bonchev–Trinajstić information content (AvgIpc) is 3.10. The summed E-state index contributed by atoms with van der Waals surface area (Å²) >= 11 is 0. The van der Waals surface area contributed by atoms with E-state index in [1.54, 1.807) is 0 Å². The van der Waals surface area contributed by atoms with Crippen molar-refractivity contribution in [1.29, 1.82) is 0 Å². The third kappa shape index (κ3) is 16.0. The Labute approximate surface area is 154 Å². The van der Waals surface area contributed by atoms with E-state index < -0.39 is 10.2 Å². The molecule has 0 aromatic heterocycles. The largest absolute Gasteiger partial charge is 0.362 e. The highest BCUT2D eigenvalue weighted by Crippen LogP contribution is 2.05. The molecule has 0 fully saturated rings. The molecule has 2 rings (SSSR count). The fraction of sp³-hybridized carbons (Fsp3) is 0.750. The summed E-state index contributed by atoms with van der Waals surface area (Å²) in [7, 11) is -0.495. The Morgan fingerprint density at radius 3 is 1.32 bits per heavy atom. The number of nitrogens with zero attached hydrogens (tertiary/aromatic N) is 4. The highest BCUT2D eigenvalue weighted by molar-refractivity contribution is 4.88. The quantitative estimate of drug-likeness (QED) is 0.613. The van der Waals surface area contributed by atoms with Gasteiger partial charge in [-0.2, -0.15) is 14.0 Å². The van der Waals surface area contributed by atoms with E-state index in [-0.39, 0.29) is 0 Å². The van der Waals surface area contributed by atoms with Gasteiger partial charge in [-0.05, 0) is 12.8 Å². The van der Waals surface area contributed by atoms with Crippen LogP contribution in [0.5, 0.6) is 0 Å². The molecule has 0 saturated heterocycles. The van der Waals surface area contributed by atoms with Gasteiger partial charge in [-0.15, -0.1) is 0 Å². The first-order valence-corrected chi connectivity index (χ1v) is 9.80. The Bertz CT molecular complexity index is 355. The average molecular weight is 381 g/mol. The van der Waals surface area contributed by atoms with Gasteiger partial charge in [0.1, 0.15) is 0 Å². The summed E-state index contributed by atoms with van der Waals surface area (Å²) in [5.74, 6) is 0. The van der Waals surface area contributed by atoms with Crippen LogP contribution in [0.3, 0.4) is 0 Å². The van der Waals surface area contributed by atoms with Crippen molar-refractivity contribution in [2.24, 2.45) is 0 Å². The summed E-state index contributed by atoms with van der Waals surface area (Å²) in [5.41, 5.74) is 0. The van der Waals surface area contributed by atoms with Gasteiger partial charge in [0.05, 0.1) is 28.2 Å². The van der Waals surface area contributed by atoms with Gasteiger partial charge in [0.25, 0.3) is 0 Å². The molecule has 0 radical (unpaired) electrons. The molecule has 2 heterocycles. The molecule has 9 heteroatoms. The molecular weight excluding hydrogens is 348 g/mol. The molecule has 25 heavy (non-hydrogen) atoms. The molecule has 148 valence electrons. The lowest BCUT2D eigenvalue weighted by molar-refractivity contribution is -1.92. The predicted octanol–water partition coefficient (Wildman–Crippen LogP) is -1.20. The molecule has 8 nitrogen and oxygen atoms in total. The molecule has 0 aromatic rings. The van der Waals surface area contributed by atoms with Gasteiger partial charge in [-0.25, -0.2) is 0 Å². The summed E-state index contributed by atoms with van der Waals surface area (Å²) < 4.78 is 32.7. The summed E-state index contributed by atoms with van der Waals surface area (Å²) in [6, 6.07) is 0. The van der Waals surface area contributed by atoms with Crippen LogP contribution in [0.25, 0.3) is 0 Å². The van der Waals surface area contributed by atoms with Crippen LogP contribution in [-0.2, 0) is 0 Å². The first kappa shape index (κ1) is 23.8. The predicted molar refractivity (Wildman–Crippen MR) is 89.0 cm³/mol. The normalized spacial score (nSPS) is 16.0. The number of unbranched alkanes of at least 4 members (excludes halogenated alkanes) is 2. The second-order valence-electron chi connectivity index (χ2n) is 6.12. The second-order valence-corrected chi connectivity index (χ2v) is 6.91. The highest BCUT2D eigenvalue weighted by Gasteiger charge is 2.06. The number of halogens is 1. The zero-order valence-electron chi connectivity index (χ0n) is 15.8. The molecule has 1 N–H and O–H groups in total. The minimum Gasteiger partial charge on any atom is -0.362 e. The van der Waals surface area contributed by atoms with Crippen molar-refractivity contribution < 1.29 is 28.9 Å². The van der Waals surface area contributed by atoms with Crippen molar-refractivity contribution in [3.63, 3.8) is 0 Å². The minimum atomic E-state index is -4.69. The van der Waals surface area contributed by atoms with Gasteiger partial charge in [0.2, 0.25) is 0 Å². The van der Waals surface area contributed by atoms with Crippen molar-refractivity contribution in [3.8, 4) is 0 Å². The zero-order chi connectivity index (χ0) is 19.3. The Morgan fingerprint density at radius 1 is 0.800 bits per heavy atom. The third-order valence-electron chi connectivity index (χ3n) is 3.47. The van der Waals surface area contributed by atoms with Crippen LogP contribution in [-0.4, -0.2) is 64.8 Å². The Hall–Kier alpha value is -1.19. The van der Waals surface area contributed by atoms with Gasteiger partial charge in [0.15, 0.2) is 0 Å². The SMILES string of the molecule is CCCCN1C=CN(C)C1.CCCCN1C=CN(C)C1.[O-][Cl+3]([O-])([O-])O. The van der Waals surface area contributed by atoms with Crippen LogP contribution >= 0.6 is 0 Å². The van der Waals surface area contributed by atoms with E-state index in [0.717, 1.165) is 13.3 Å². The molecule has 0 atom stereocenters. The smallest absolute Gasteiger partial charge is 0.0890 e. The van der Waals surface area contributed by atoms with Crippen molar-refractivity contribution in [3.05, 3.63) is 24.8 Å². The molecule has 0 bridgehead atoms. The van der Waals surface area contributed by atoms with Crippen LogP contribution in [0.1, 0.15) is 39.5 Å². The molecule has 2 aliphatic rings. The fourth-order valence-corrected chi connectivity index (χ4v) is 2.19. The summed E-state index contributed by atoms with van der Waals surface area (Å²) in [6.07, 6.45) is 13.7.